The number of anilines is 1. The van der Waals surface area contributed by atoms with Crippen molar-refractivity contribution in [3.05, 3.63) is 44.9 Å². The molecule has 0 bridgehead atoms. The number of ether oxygens (including phenoxy) is 2. The van der Waals surface area contributed by atoms with Crippen LogP contribution in [0.3, 0.4) is 0 Å². The molecule has 0 saturated heterocycles. The summed E-state index contributed by atoms with van der Waals surface area (Å²) in [5.41, 5.74) is 5.62. The van der Waals surface area contributed by atoms with Crippen LogP contribution in [0.2, 0.25) is 0 Å². The predicted octanol–water partition coefficient (Wildman–Crippen LogP) is 2.23. The largest absolute Gasteiger partial charge is 0.475 e. The summed E-state index contributed by atoms with van der Waals surface area (Å²) in [4.78, 5) is 26.9. The van der Waals surface area contributed by atoms with Crippen LogP contribution >= 0.6 is 15.9 Å². The second kappa shape index (κ2) is 13.7. The summed E-state index contributed by atoms with van der Waals surface area (Å²) in [5, 5.41) is 9.52. The Bertz CT molecular complexity index is 770. The minimum absolute atomic E-state index is 0.209. The third-order valence-electron chi connectivity index (χ3n) is 3.58. The highest BCUT2D eigenvalue weighted by atomic mass is 79.9. The van der Waals surface area contributed by atoms with E-state index in [1.54, 1.807) is 12.4 Å². The second-order valence-corrected chi connectivity index (χ2v) is 6.29. The lowest BCUT2D eigenvalue weighted by molar-refractivity contribution is -0.140. The average molecular weight is 456 g/mol. The van der Waals surface area contributed by atoms with Crippen molar-refractivity contribution in [2.45, 2.75) is 32.2 Å². The van der Waals surface area contributed by atoms with Crippen LogP contribution in [0.15, 0.2) is 33.8 Å². The van der Waals surface area contributed by atoms with Gasteiger partial charge in [0.1, 0.15) is 10.2 Å². The first-order valence-electron chi connectivity index (χ1n) is 8.80. The van der Waals surface area contributed by atoms with Gasteiger partial charge in [-0.3, -0.25) is 14.6 Å². The van der Waals surface area contributed by atoms with Gasteiger partial charge in [0, 0.05) is 25.4 Å². The number of H-pyrrole nitrogens is 1. The Morgan fingerprint density at radius 2 is 2.11 bits per heavy atom. The lowest BCUT2D eigenvalue weighted by Crippen LogP contribution is -2.15. The molecule has 0 spiro atoms. The summed E-state index contributed by atoms with van der Waals surface area (Å²) in [7, 11) is 2.88. The number of unbranched alkanes of at least 4 members (excludes halogenated alkanes) is 2. The van der Waals surface area contributed by atoms with E-state index in [2.05, 4.69) is 46.9 Å². The highest BCUT2D eigenvalue weighted by molar-refractivity contribution is 9.10. The Kier molecular flexibility index (Phi) is 11.5. The van der Waals surface area contributed by atoms with E-state index < -0.39 is 0 Å². The van der Waals surface area contributed by atoms with Gasteiger partial charge >= 0.3 is 5.97 Å². The zero-order chi connectivity index (χ0) is 20.8. The molecule has 2 aromatic heterocycles. The first kappa shape index (κ1) is 23.6. The van der Waals surface area contributed by atoms with Crippen molar-refractivity contribution in [3.63, 3.8) is 0 Å². The highest BCUT2D eigenvalue weighted by Crippen LogP contribution is 2.27. The summed E-state index contributed by atoms with van der Waals surface area (Å²) < 4.78 is 10.6. The maximum absolute atomic E-state index is 11.8. The third kappa shape index (κ3) is 8.05. The van der Waals surface area contributed by atoms with E-state index in [1.165, 1.54) is 14.2 Å². The molecule has 9 nitrogen and oxygen atoms in total. The highest BCUT2D eigenvalue weighted by Gasteiger charge is 2.13. The molecule has 4 N–H and O–H groups in total. The molecule has 0 amide bonds. The van der Waals surface area contributed by atoms with Crippen LogP contribution in [0.1, 0.15) is 31.2 Å². The molecule has 0 radical (unpaired) electrons. The molecule has 2 rings (SSSR count). The van der Waals surface area contributed by atoms with Crippen molar-refractivity contribution in [1.29, 1.82) is 0 Å². The van der Waals surface area contributed by atoms with Gasteiger partial charge in [-0.2, -0.15) is 0 Å². The predicted molar refractivity (Wildman–Crippen MR) is 110 cm³/mol. The van der Waals surface area contributed by atoms with Crippen LogP contribution < -0.4 is 21.3 Å². The molecular formula is C18H26BrN5O4. The van der Waals surface area contributed by atoms with Crippen LogP contribution in [0.4, 0.5) is 5.69 Å². The standard InChI is InChI=1S/C17H21BrN4O4.CH5N/c1-25-13(23)7-3-2-4-9-26-17-15(14(18)16(24)21-22-17)20-11-12-6-5-8-19-10-12;1-2/h5-6,8,10H,2-4,7,9,11H2,1H3,(H2,20,21,24);2H2,1H3. The van der Waals surface area contributed by atoms with Gasteiger partial charge < -0.3 is 20.5 Å². The number of nitrogens with one attached hydrogen (secondary N) is 2. The molecular weight excluding hydrogens is 430 g/mol. The van der Waals surface area contributed by atoms with Gasteiger partial charge in [0.25, 0.3) is 11.4 Å². The van der Waals surface area contributed by atoms with Gasteiger partial charge in [0.05, 0.1) is 13.7 Å². The number of hydrogen-bond acceptors (Lipinski definition) is 8. The lowest BCUT2D eigenvalue weighted by Gasteiger charge is -2.13. The first-order valence-corrected chi connectivity index (χ1v) is 9.59. The molecule has 154 valence electrons. The fourth-order valence-electron chi connectivity index (χ4n) is 2.18. The van der Waals surface area contributed by atoms with E-state index in [-0.39, 0.29) is 11.5 Å². The van der Waals surface area contributed by atoms with E-state index in [0.717, 1.165) is 24.8 Å². The molecule has 0 fully saturated rings. The number of carbonyl (C=O) groups excluding carboxylic acids is 1. The number of nitrogens with two attached hydrogens (primary N) is 1. The number of methoxy groups -OCH3 is 1. The normalized spacial score (nSPS) is 9.86. The van der Waals surface area contributed by atoms with Crippen LogP contribution in [0.25, 0.3) is 0 Å². The number of aromatic nitrogens is 3. The summed E-state index contributed by atoms with van der Waals surface area (Å²) in [6, 6.07) is 3.77. The Balaban J connectivity index is 0.00000190. The summed E-state index contributed by atoms with van der Waals surface area (Å²) in [5.74, 6) is 0.104. The Labute approximate surface area is 172 Å². The van der Waals surface area contributed by atoms with Crippen molar-refractivity contribution >= 4 is 27.6 Å². The van der Waals surface area contributed by atoms with Crippen molar-refractivity contribution in [1.82, 2.24) is 15.2 Å². The molecule has 10 heteroatoms. The molecule has 0 aliphatic heterocycles. The zero-order valence-electron chi connectivity index (χ0n) is 16.0. The van der Waals surface area contributed by atoms with Crippen LogP contribution in [0.5, 0.6) is 5.88 Å². The Hall–Kier alpha value is -2.46. The van der Waals surface area contributed by atoms with Gasteiger partial charge in [0.15, 0.2) is 0 Å². The quantitative estimate of drug-likeness (QED) is 0.366. The van der Waals surface area contributed by atoms with Gasteiger partial charge in [0.2, 0.25) is 0 Å². The van der Waals surface area contributed by atoms with Gasteiger partial charge in [-0.1, -0.05) is 6.07 Å². The number of rotatable bonds is 10. The van der Waals surface area contributed by atoms with E-state index in [1.807, 2.05) is 12.1 Å². The molecule has 2 heterocycles. The lowest BCUT2D eigenvalue weighted by atomic mass is 10.2. The third-order valence-corrected chi connectivity index (χ3v) is 4.33. The number of pyridine rings is 1. The summed E-state index contributed by atoms with van der Waals surface area (Å²) in [6.07, 6.45) is 6.17. The molecule has 0 unspecified atom stereocenters. The number of esters is 1. The van der Waals surface area contributed by atoms with Gasteiger partial charge in [-0.25, -0.2) is 5.10 Å². The van der Waals surface area contributed by atoms with E-state index in [9.17, 15) is 9.59 Å². The Morgan fingerprint density at radius 1 is 1.32 bits per heavy atom. The minimum Gasteiger partial charge on any atom is -0.475 e. The smallest absolute Gasteiger partial charge is 0.305 e. The molecule has 0 atom stereocenters. The number of carbonyl (C=O) groups is 1. The van der Waals surface area contributed by atoms with Crippen molar-refractivity contribution in [3.8, 4) is 5.88 Å². The average Bonchev–Trinajstić information content (AvgIpc) is 2.74. The Morgan fingerprint density at radius 3 is 2.79 bits per heavy atom. The zero-order valence-corrected chi connectivity index (χ0v) is 17.6. The van der Waals surface area contributed by atoms with E-state index >= 15 is 0 Å². The van der Waals surface area contributed by atoms with Crippen molar-refractivity contribution in [2.24, 2.45) is 5.73 Å². The molecule has 0 aliphatic rings. The molecule has 0 saturated carbocycles. The fraction of sp³-hybridized carbons (Fsp3) is 0.444. The SMILES string of the molecule is CN.COC(=O)CCCCCOc1n[nH]c(=O)c(Br)c1NCc1cccnc1. The topological polar surface area (TPSA) is 132 Å². The van der Waals surface area contributed by atoms with Crippen LogP contribution in [0, 0.1) is 0 Å². The number of halogens is 1. The maximum Gasteiger partial charge on any atom is 0.305 e. The van der Waals surface area contributed by atoms with Crippen molar-refractivity contribution in [2.75, 3.05) is 26.1 Å². The second-order valence-electron chi connectivity index (χ2n) is 5.50. The molecule has 0 aromatic carbocycles. The minimum atomic E-state index is -0.343. The molecule has 0 aliphatic carbocycles. The van der Waals surface area contributed by atoms with Crippen LogP contribution in [-0.4, -0.2) is 41.9 Å². The van der Waals surface area contributed by atoms with E-state index in [4.69, 9.17) is 4.74 Å². The number of aromatic amines is 1. The summed E-state index contributed by atoms with van der Waals surface area (Å²) in [6.45, 7) is 0.904. The van der Waals surface area contributed by atoms with Crippen LogP contribution in [-0.2, 0) is 16.1 Å². The van der Waals surface area contributed by atoms with Gasteiger partial charge in [-0.05, 0) is 53.9 Å². The fourth-order valence-corrected chi connectivity index (χ4v) is 2.58. The maximum atomic E-state index is 11.8. The van der Waals surface area contributed by atoms with Gasteiger partial charge in [-0.15, -0.1) is 5.10 Å². The first-order chi connectivity index (χ1) is 13.6. The monoisotopic (exact) mass is 455 g/mol. The molecule has 28 heavy (non-hydrogen) atoms. The number of nitrogens with zero attached hydrogens (tertiary/aromatic N) is 2. The van der Waals surface area contributed by atoms with E-state index in [0.29, 0.717) is 35.6 Å². The van der Waals surface area contributed by atoms with Crippen molar-refractivity contribution < 1.29 is 14.3 Å². The number of hydrogen-bond donors (Lipinski definition) is 3. The summed E-state index contributed by atoms with van der Waals surface area (Å²) >= 11 is 3.27. The molecule has 2 aromatic rings.